The van der Waals surface area contributed by atoms with Gasteiger partial charge in [-0.25, -0.2) is 0 Å². The van der Waals surface area contributed by atoms with Crippen molar-refractivity contribution < 1.29 is 0 Å². The molecule has 2 saturated carbocycles. The molecule has 2 fully saturated rings. The van der Waals surface area contributed by atoms with Crippen LogP contribution in [-0.4, -0.2) is 0 Å². The van der Waals surface area contributed by atoms with E-state index in [1.54, 1.807) is 0 Å². The van der Waals surface area contributed by atoms with Gasteiger partial charge in [-0.1, -0.05) is 25.3 Å². The molecule has 106 valence electrons. The Morgan fingerprint density at radius 2 is 1.53 bits per heavy atom. The van der Waals surface area contributed by atoms with Gasteiger partial charge >= 0.3 is 0 Å². The normalized spacial score (nSPS) is 35.5. The molecule has 0 spiro atoms. The van der Waals surface area contributed by atoms with Crippen molar-refractivity contribution in [2.45, 2.75) is 70.6 Å². The Balaban J connectivity index is 1.66. The second kappa shape index (κ2) is 7.78. The van der Waals surface area contributed by atoms with Gasteiger partial charge in [-0.3, -0.25) is 0 Å². The van der Waals surface area contributed by atoms with E-state index < -0.39 is 0 Å². The van der Waals surface area contributed by atoms with Crippen molar-refractivity contribution >= 4 is 0 Å². The minimum Gasteiger partial charge on any atom is -0.120 e. The van der Waals surface area contributed by atoms with Crippen LogP contribution in [-0.2, 0) is 0 Å². The van der Waals surface area contributed by atoms with Gasteiger partial charge in [-0.15, -0.1) is 18.9 Å². The summed E-state index contributed by atoms with van der Waals surface area (Å²) in [7, 11) is 0. The van der Waals surface area contributed by atoms with E-state index in [1.807, 2.05) is 0 Å². The zero-order chi connectivity index (χ0) is 13.5. The maximum absolute atomic E-state index is 5.55. The van der Waals surface area contributed by atoms with Crippen molar-refractivity contribution in [2.75, 3.05) is 0 Å². The van der Waals surface area contributed by atoms with Crippen molar-refractivity contribution in [1.29, 1.82) is 0 Å². The van der Waals surface area contributed by atoms with Gasteiger partial charge in [0, 0.05) is 5.92 Å². The molecular weight excluding hydrogens is 228 g/mol. The predicted octanol–water partition coefficient (Wildman–Crippen LogP) is 5.59. The van der Waals surface area contributed by atoms with Gasteiger partial charge in [0.15, 0.2) is 0 Å². The van der Waals surface area contributed by atoms with Gasteiger partial charge in [0.25, 0.3) is 0 Å². The fourth-order valence-electron chi connectivity index (χ4n) is 4.26. The first-order valence-corrected chi connectivity index (χ1v) is 8.40. The molecule has 19 heavy (non-hydrogen) atoms. The standard InChI is InChI=1S/C19H30/c1-3-5-6-7-17-10-14-19(15-11-17)18-12-8-16(4-2)9-13-18/h2-3,16-19H,1,5-15H2/t16-,17?,18-,19?. The van der Waals surface area contributed by atoms with Gasteiger partial charge in [0.2, 0.25) is 0 Å². The summed E-state index contributed by atoms with van der Waals surface area (Å²) in [6.45, 7) is 3.82. The molecule has 0 aromatic carbocycles. The predicted molar refractivity (Wildman–Crippen MR) is 83.8 cm³/mol. The lowest BCUT2D eigenvalue weighted by Crippen LogP contribution is -2.25. The Morgan fingerprint density at radius 3 is 2.05 bits per heavy atom. The molecule has 0 unspecified atom stereocenters. The van der Waals surface area contributed by atoms with Gasteiger partial charge in [-0.05, 0) is 69.1 Å². The van der Waals surface area contributed by atoms with Crippen molar-refractivity contribution in [3.05, 3.63) is 12.7 Å². The van der Waals surface area contributed by atoms with Crippen LogP contribution in [0, 0.1) is 36.0 Å². The molecule has 2 aliphatic rings. The van der Waals surface area contributed by atoms with E-state index in [9.17, 15) is 0 Å². The fraction of sp³-hybridized carbons (Fsp3) is 0.789. The van der Waals surface area contributed by atoms with E-state index in [4.69, 9.17) is 6.42 Å². The molecule has 0 saturated heterocycles. The minimum absolute atomic E-state index is 0.589. The molecule has 0 nitrogen and oxygen atoms in total. The first kappa shape index (κ1) is 14.7. The molecule has 0 aromatic rings. The van der Waals surface area contributed by atoms with Gasteiger partial charge < -0.3 is 0 Å². The van der Waals surface area contributed by atoms with Crippen LogP contribution in [0.25, 0.3) is 0 Å². The van der Waals surface area contributed by atoms with E-state index in [-0.39, 0.29) is 0 Å². The quantitative estimate of drug-likeness (QED) is 0.342. The molecule has 0 N–H and O–H groups in total. The molecule has 0 amide bonds. The summed E-state index contributed by atoms with van der Waals surface area (Å²) in [6, 6.07) is 0. The van der Waals surface area contributed by atoms with Crippen LogP contribution >= 0.6 is 0 Å². The minimum atomic E-state index is 0.589. The zero-order valence-corrected chi connectivity index (χ0v) is 12.4. The van der Waals surface area contributed by atoms with E-state index in [2.05, 4.69) is 18.6 Å². The molecule has 0 bridgehead atoms. The van der Waals surface area contributed by atoms with Crippen LogP contribution in [0.2, 0.25) is 0 Å². The lowest BCUT2D eigenvalue weighted by Gasteiger charge is -2.37. The van der Waals surface area contributed by atoms with E-state index in [0.29, 0.717) is 5.92 Å². The Kier molecular flexibility index (Phi) is 6.02. The van der Waals surface area contributed by atoms with Crippen LogP contribution in [0.4, 0.5) is 0 Å². The largest absolute Gasteiger partial charge is 0.120 e. The SMILES string of the molecule is C#C[C@H]1CC[C@H](C2CCC(CCCC=C)CC2)CC1. The molecular formula is C19H30. The van der Waals surface area contributed by atoms with Crippen LogP contribution < -0.4 is 0 Å². The van der Waals surface area contributed by atoms with Gasteiger partial charge in [-0.2, -0.15) is 0 Å². The first-order valence-electron chi connectivity index (χ1n) is 8.40. The van der Waals surface area contributed by atoms with Crippen molar-refractivity contribution in [2.24, 2.45) is 23.7 Å². The molecule has 0 heterocycles. The fourth-order valence-corrected chi connectivity index (χ4v) is 4.26. The molecule has 2 aliphatic carbocycles. The number of rotatable bonds is 5. The summed E-state index contributed by atoms with van der Waals surface area (Å²) in [5, 5.41) is 0. The second-order valence-corrected chi connectivity index (χ2v) is 6.78. The molecule has 0 aliphatic heterocycles. The average Bonchev–Trinajstić information content (AvgIpc) is 2.48. The number of hydrogen-bond donors (Lipinski definition) is 0. The third kappa shape index (κ3) is 4.41. The summed E-state index contributed by atoms with van der Waals surface area (Å²) >= 11 is 0. The third-order valence-electron chi connectivity index (χ3n) is 5.59. The summed E-state index contributed by atoms with van der Waals surface area (Å²) in [4.78, 5) is 0. The monoisotopic (exact) mass is 258 g/mol. The number of terminal acetylenes is 1. The van der Waals surface area contributed by atoms with E-state index in [0.717, 1.165) is 17.8 Å². The van der Waals surface area contributed by atoms with Gasteiger partial charge in [0.1, 0.15) is 0 Å². The van der Waals surface area contributed by atoms with Crippen molar-refractivity contribution in [1.82, 2.24) is 0 Å². The summed E-state index contributed by atoms with van der Waals surface area (Å²) in [6.07, 6.45) is 22.9. The highest BCUT2D eigenvalue weighted by atomic mass is 14.3. The van der Waals surface area contributed by atoms with Crippen molar-refractivity contribution in [3.8, 4) is 12.3 Å². The summed E-state index contributed by atoms with van der Waals surface area (Å²) in [5.41, 5.74) is 0. The average molecular weight is 258 g/mol. The highest BCUT2D eigenvalue weighted by Gasteiger charge is 2.30. The number of hydrogen-bond acceptors (Lipinski definition) is 0. The van der Waals surface area contributed by atoms with Crippen molar-refractivity contribution in [3.63, 3.8) is 0 Å². The van der Waals surface area contributed by atoms with E-state index in [1.165, 1.54) is 70.6 Å². The number of unbranched alkanes of at least 4 members (excludes halogenated alkanes) is 1. The zero-order valence-electron chi connectivity index (χ0n) is 12.4. The highest BCUT2D eigenvalue weighted by Crippen LogP contribution is 2.42. The number of allylic oxidation sites excluding steroid dienone is 1. The Morgan fingerprint density at radius 1 is 0.947 bits per heavy atom. The Labute approximate surface area is 120 Å². The summed E-state index contributed by atoms with van der Waals surface area (Å²) < 4.78 is 0. The lowest BCUT2D eigenvalue weighted by atomic mass is 9.69. The smallest absolute Gasteiger partial charge is 0.0200 e. The van der Waals surface area contributed by atoms with Gasteiger partial charge in [0.05, 0.1) is 0 Å². The van der Waals surface area contributed by atoms with Crippen LogP contribution in [0.3, 0.4) is 0 Å². The maximum atomic E-state index is 5.55. The highest BCUT2D eigenvalue weighted by molar-refractivity contribution is 4.96. The Hall–Kier alpha value is -0.700. The molecule has 0 heteroatoms. The van der Waals surface area contributed by atoms with Crippen LogP contribution in [0.1, 0.15) is 70.6 Å². The van der Waals surface area contributed by atoms with Crippen LogP contribution in [0.15, 0.2) is 12.7 Å². The van der Waals surface area contributed by atoms with Crippen LogP contribution in [0.5, 0.6) is 0 Å². The Bertz CT molecular complexity index is 292. The molecule has 0 aromatic heterocycles. The second-order valence-electron chi connectivity index (χ2n) is 6.78. The lowest BCUT2D eigenvalue weighted by molar-refractivity contribution is 0.153. The van der Waals surface area contributed by atoms with E-state index >= 15 is 0 Å². The third-order valence-corrected chi connectivity index (χ3v) is 5.59. The maximum Gasteiger partial charge on any atom is 0.0200 e. The molecule has 0 atom stereocenters. The topological polar surface area (TPSA) is 0 Å². The first-order chi connectivity index (χ1) is 9.33. The molecule has 0 radical (unpaired) electrons. The molecule has 2 rings (SSSR count). The summed E-state index contributed by atoms with van der Waals surface area (Å²) in [5.74, 6) is 6.58.